The van der Waals surface area contributed by atoms with E-state index in [9.17, 15) is 0 Å². The van der Waals surface area contributed by atoms with E-state index >= 15 is 0 Å². The standard InChI is InChI=1S/C23H29N5OS/c1-2-29-23(28-10-3-4-11-28)17-7-12-27(13-8-17)21-20-19(18-6-5-9-24-14-18)15-30-22(20)26-16-25-21/h5-6,9,14-17,23H,2-4,7-8,10-13H2,1H3. The van der Waals surface area contributed by atoms with Gasteiger partial charge < -0.3 is 9.64 Å². The highest BCUT2D eigenvalue weighted by atomic mass is 32.1. The minimum atomic E-state index is 0.275. The lowest BCUT2D eigenvalue weighted by Gasteiger charge is -2.40. The Kier molecular flexibility index (Phi) is 5.93. The minimum Gasteiger partial charge on any atom is -0.363 e. The van der Waals surface area contributed by atoms with Gasteiger partial charge in [-0.15, -0.1) is 11.3 Å². The van der Waals surface area contributed by atoms with Crippen molar-refractivity contribution in [2.24, 2.45) is 5.92 Å². The Morgan fingerprint density at radius 3 is 2.73 bits per heavy atom. The van der Waals surface area contributed by atoms with Crippen molar-refractivity contribution in [3.8, 4) is 11.1 Å². The van der Waals surface area contributed by atoms with E-state index < -0.39 is 0 Å². The highest BCUT2D eigenvalue weighted by Crippen LogP contribution is 2.39. The first-order valence-electron chi connectivity index (χ1n) is 11.1. The van der Waals surface area contributed by atoms with Gasteiger partial charge in [0.1, 0.15) is 23.2 Å². The monoisotopic (exact) mass is 423 g/mol. The first kappa shape index (κ1) is 19.8. The van der Waals surface area contributed by atoms with Crippen LogP contribution in [0, 0.1) is 5.92 Å². The zero-order valence-electron chi connectivity index (χ0n) is 17.5. The molecule has 0 bridgehead atoms. The molecule has 0 amide bonds. The lowest BCUT2D eigenvalue weighted by atomic mass is 9.93. The van der Waals surface area contributed by atoms with E-state index in [1.165, 1.54) is 31.5 Å². The van der Waals surface area contributed by atoms with Crippen LogP contribution in [0.5, 0.6) is 0 Å². The molecular formula is C23H29N5OS. The number of piperidine rings is 1. The predicted molar refractivity (Wildman–Crippen MR) is 122 cm³/mol. The third-order valence-corrected chi connectivity index (χ3v) is 7.29. The molecule has 3 aromatic rings. The average molecular weight is 424 g/mol. The van der Waals surface area contributed by atoms with Crippen molar-refractivity contribution in [2.75, 3.05) is 37.7 Å². The van der Waals surface area contributed by atoms with Gasteiger partial charge in [0.05, 0.1) is 5.39 Å². The molecule has 1 unspecified atom stereocenters. The van der Waals surface area contributed by atoms with Crippen LogP contribution < -0.4 is 4.90 Å². The second-order valence-corrected chi connectivity index (χ2v) is 9.04. The molecule has 0 spiro atoms. The van der Waals surface area contributed by atoms with Crippen LogP contribution in [0.25, 0.3) is 21.3 Å². The summed E-state index contributed by atoms with van der Waals surface area (Å²) in [5.41, 5.74) is 2.31. The molecule has 2 aliphatic rings. The number of nitrogens with zero attached hydrogens (tertiary/aromatic N) is 5. The molecule has 7 heteroatoms. The lowest BCUT2D eigenvalue weighted by molar-refractivity contribution is -0.0858. The van der Waals surface area contributed by atoms with Crippen LogP contribution in [0.2, 0.25) is 0 Å². The van der Waals surface area contributed by atoms with Gasteiger partial charge in [-0.1, -0.05) is 6.07 Å². The summed E-state index contributed by atoms with van der Waals surface area (Å²) < 4.78 is 6.22. The summed E-state index contributed by atoms with van der Waals surface area (Å²) in [6.07, 6.45) is 10.6. The second kappa shape index (κ2) is 8.96. The molecule has 3 aromatic heterocycles. The third kappa shape index (κ3) is 3.82. The van der Waals surface area contributed by atoms with Crippen molar-refractivity contribution < 1.29 is 4.74 Å². The molecule has 2 fully saturated rings. The Balaban J connectivity index is 1.38. The van der Waals surface area contributed by atoms with Crippen LogP contribution >= 0.6 is 11.3 Å². The quantitative estimate of drug-likeness (QED) is 0.585. The van der Waals surface area contributed by atoms with E-state index in [1.807, 2.05) is 18.5 Å². The van der Waals surface area contributed by atoms with Gasteiger partial charge >= 0.3 is 0 Å². The maximum absolute atomic E-state index is 6.22. The maximum atomic E-state index is 6.22. The number of likely N-dealkylation sites (tertiary alicyclic amines) is 1. The van der Waals surface area contributed by atoms with E-state index in [1.54, 1.807) is 17.7 Å². The van der Waals surface area contributed by atoms with Crippen molar-refractivity contribution in [2.45, 2.75) is 38.8 Å². The number of fused-ring (bicyclic) bond motifs is 1. The molecule has 5 heterocycles. The van der Waals surface area contributed by atoms with Crippen LogP contribution in [-0.2, 0) is 4.74 Å². The molecule has 30 heavy (non-hydrogen) atoms. The van der Waals surface area contributed by atoms with Gasteiger partial charge in [0.2, 0.25) is 0 Å². The molecule has 5 rings (SSSR count). The van der Waals surface area contributed by atoms with Crippen molar-refractivity contribution in [1.29, 1.82) is 0 Å². The molecule has 2 saturated heterocycles. The number of hydrogen-bond donors (Lipinski definition) is 0. The number of pyridine rings is 1. The average Bonchev–Trinajstić information content (AvgIpc) is 3.48. The van der Waals surface area contributed by atoms with Gasteiger partial charge in [-0.05, 0) is 38.7 Å². The summed E-state index contributed by atoms with van der Waals surface area (Å²) in [5.74, 6) is 1.66. The fraction of sp³-hybridized carbons (Fsp3) is 0.522. The Labute approximate surface area is 181 Å². The lowest BCUT2D eigenvalue weighted by Crippen LogP contribution is -2.46. The summed E-state index contributed by atoms with van der Waals surface area (Å²) in [7, 11) is 0. The smallest absolute Gasteiger partial charge is 0.141 e. The van der Waals surface area contributed by atoms with Crippen molar-refractivity contribution in [1.82, 2.24) is 19.9 Å². The molecular weight excluding hydrogens is 394 g/mol. The van der Waals surface area contributed by atoms with E-state index in [0.717, 1.165) is 54.1 Å². The maximum Gasteiger partial charge on any atom is 0.141 e. The molecule has 6 nitrogen and oxygen atoms in total. The number of anilines is 1. The Hall–Kier alpha value is -2.09. The third-order valence-electron chi connectivity index (χ3n) is 6.40. The second-order valence-electron chi connectivity index (χ2n) is 8.18. The van der Waals surface area contributed by atoms with Crippen LogP contribution in [0.3, 0.4) is 0 Å². The first-order valence-corrected chi connectivity index (χ1v) is 12.0. The van der Waals surface area contributed by atoms with E-state index in [2.05, 4.69) is 38.1 Å². The first-order chi connectivity index (χ1) is 14.8. The number of thiophene rings is 1. The topological polar surface area (TPSA) is 54.4 Å². The van der Waals surface area contributed by atoms with Crippen molar-refractivity contribution in [3.05, 3.63) is 36.2 Å². The number of aromatic nitrogens is 3. The number of rotatable bonds is 6. The Morgan fingerprint density at radius 2 is 2.00 bits per heavy atom. The van der Waals surface area contributed by atoms with Gasteiger partial charge in [-0.2, -0.15) is 0 Å². The van der Waals surface area contributed by atoms with Crippen LogP contribution in [0.15, 0.2) is 36.2 Å². The van der Waals surface area contributed by atoms with E-state index in [-0.39, 0.29) is 6.23 Å². The SMILES string of the molecule is CCOC(C1CCN(c2ncnc3scc(-c4cccnc4)c23)CC1)N1CCCC1. The summed E-state index contributed by atoms with van der Waals surface area (Å²) in [4.78, 5) is 19.6. The van der Waals surface area contributed by atoms with Gasteiger partial charge in [0.25, 0.3) is 0 Å². The molecule has 2 aliphatic heterocycles. The fourth-order valence-corrected chi connectivity index (χ4v) is 5.85. The summed E-state index contributed by atoms with van der Waals surface area (Å²) >= 11 is 1.68. The largest absolute Gasteiger partial charge is 0.363 e. The molecule has 0 N–H and O–H groups in total. The van der Waals surface area contributed by atoms with Gasteiger partial charge in [0, 0.05) is 67.6 Å². The molecule has 158 valence electrons. The molecule has 0 aliphatic carbocycles. The number of ether oxygens (including phenoxy) is 1. The Morgan fingerprint density at radius 1 is 1.17 bits per heavy atom. The summed E-state index contributed by atoms with van der Waals surface area (Å²) in [5, 5.41) is 3.35. The van der Waals surface area contributed by atoms with Gasteiger partial charge in [-0.3, -0.25) is 9.88 Å². The summed E-state index contributed by atoms with van der Waals surface area (Å²) in [6, 6.07) is 4.10. The zero-order chi connectivity index (χ0) is 20.3. The van der Waals surface area contributed by atoms with E-state index in [4.69, 9.17) is 9.72 Å². The van der Waals surface area contributed by atoms with E-state index in [0.29, 0.717) is 5.92 Å². The molecule has 0 radical (unpaired) electrons. The van der Waals surface area contributed by atoms with Crippen molar-refractivity contribution in [3.63, 3.8) is 0 Å². The van der Waals surface area contributed by atoms with Crippen LogP contribution in [0.4, 0.5) is 5.82 Å². The highest BCUT2D eigenvalue weighted by Gasteiger charge is 2.33. The zero-order valence-corrected chi connectivity index (χ0v) is 18.4. The predicted octanol–water partition coefficient (Wildman–Crippen LogP) is 4.43. The number of hydrogen-bond acceptors (Lipinski definition) is 7. The normalized spacial score (nSPS) is 19.6. The fourth-order valence-electron chi connectivity index (χ4n) is 4.94. The molecule has 0 saturated carbocycles. The molecule has 1 atom stereocenters. The highest BCUT2D eigenvalue weighted by molar-refractivity contribution is 7.17. The van der Waals surface area contributed by atoms with Crippen LogP contribution in [0.1, 0.15) is 32.6 Å². The van der Waals surface area contributed by atoms with Gasteiger partial charge in [-0.25, -0.2) is 9.97 Å². The molecule has 0 aromatic carbocycles. The van der Waals surface area contributed by atoms with Crippen molar-refractivity contribution >= 4 is 27.4 Å². The Bertz CT molecular complexity index is 964. The van der Waals surface area contributed by atoms with Crippen LogP contribution in [-0.4, -0.2) is 58.9 Å². The van der Waals surface area contributed by atoms with Gasteiger partial charge in [0.15, 0.2) is 0 Å². The summed E-state index contributed by atoms with van der Waals surface area (Å²) in [6.45, 7) is 7.29. The minimum absolute atomic E-state index is 0.275.